The quantitative estimate of drug-likeness (QED) is 0.880. The molecule has 2 aromatic rings. The number of hydrogen-bond donors (Lipinski definition) is 2. The SMILES string of the molecule is CCCc1nc(CNC(=O)C2Cc3cc(Cl)ccc3N2)cs1. The summed E-state index contributed by atoms with van der Waals surface area (Å²) in [5.74, 6) is -0.00244. The van der Waals surface area contributed by atoms with E-state index in [0.29, 0.717) is 18.0 Å². The molecule has 0 spiro atoms. The van der Waals surface area contributed by atoms with Gasteiger partial charge in [0.05, 0.1) is 17.2 Å². The van der Waals surface area contributed by atoms with Crippen LogP contribution in [0, 0.1) is 0 Å². The largest absolute Gasteiger partial charge is 0.373 e. The zero-order valence-electron chi connectivity index (χ0n) is 12.4. The first kappa shape index (κ1) is 15.3. The highest BCUT2D eigenvalue weighted by atomic mass is 35.5. The summed E-state index contributed by atoms with van der Waals surface area (Å²) in [6.45, 7) is 2.62. The fourth-order valence-corrected chi connectivity index (χ4v) is 3.64. The van der Waals surface area contributed by atoms with E-state index in [4.69, 9.17) is 11.6 Å². The minimum atomic E-state index is -0.234. The maximum atomic E-state index is 12.3. The molecular formula is C16H18ClN3OS. The van der Waals surface area contributed by atoms with Gasteiger partial charge >= 0.3 is 0 Å². The van der Waals surface area contributed by atoms with Crippen LogP contribution in [0.5, 0.6) is 0 Å². The molecule has 1 aliphatic rings. The molecule has 2 heterocycles. The fraction of sp³-hybridized carbons (Fsp3) is 0.375. The van der Waals surface area contributed by atoms with E-state index in [1.54, 1.807) is 11.3 Å². The molecule has 0 aliphatic carbocycles. The molecule has 0 fully saturated rings. The van der Waals surface area contributed by atoms with Gasteiger partial charge in [-0.1, -0.05) is 18.5 Å². The third-order valence-corrected chi connectivity index (χ3v) is 4.84. The number of benzene rings is 1. The van der Waals surface area contributed by atoms with Crippen LogP contribution in [0.2, 0.25) is 5.02 Å². The molecule has 6 heteroatoms. The van der Waals surface area contributed by atoms with Crippen LogP contribution in [0.1, 0.15) is 29.6 Å². The van der Waals surface area contributed by atoms with E-state index in [1.165, 1.54) is 0 Å². The number of amides is 1. The number of nitrogens with one attached hydrogen (secondary N) is 2. The Kier molecular flexibility index (Phi) is 4.64. The molecule has 4 nitrogen and oxygen atoms in total. The van der Waals surface area contributed by atoms with Crippen LogP contribution in [0.25, 0.3) is 0 Å². The summed E-state index contributed by atoms with van der Waals surface area (Å²) in [5.41, 5.74) is 3.01. The number of aromatic nitrogens is 1. The van der Waals surface area contributed by atoms with Crippen LogP contribution in [0.15, 0.2) is 23.6 Å². The van der Waals surface area contributed by atoms with Gasteiger partial charge in [0.2, 0.25) is 5.91 Å². The van der Waals surface area contributed by atoms with E-state index in [2.05, 4.69) is 22.5 Å². The van der Waals surface area contributed by atoms with Gasteiger partial charge in [0.15, 0.2) is 0 Å². The van der Waals surface area contributed by atoms with E-state index < -0.39 is 0 Å². The van der Waals surface area contributed by atoms with Gasteiger partial charge in [-0.2, -0.15) is 0 Å². The lowest BCUT2D eigenvalue weighted by atomic mass is 10.1. The molecule has 22 heavy (non-hydrogen) atoms. The van der Waals surface area contributed by atoms with Crippen molar-refractivity contribution >= 4 is 34.5 Å². The van der Waals surface area contributed by atoms with Crippen molar-refractivity contribution in [2.45, 2.75) is 38.8 Å². The molecule has 0 saturated heterocycles. The van der Waals surface area contributed by atoms with Gasteiger partial charge in [-0.25, -0.2) is 4.98 Å². The Morgan fingerprint density at radius 2 is 2.41 bits per heavy atom. The second kappa shape index (κ2) is 6.67. The Bertz CT molecular complexity index is 686. The highest BCUT2D eigenvalue weighted by Gasteiger charge is 2.26. The highest BCUT2D eigenvalue weighted by Crippen LogP contribution is 2.28. The summed E-state index contributed by atoms with van der Waals surface area (Å²) in [6, 6.07) is 5.43. The predicted octanol–water partition coefficient (Wildman–Crippen LogP) is 3.40. The van der Waals surface area contributed by atoms with Crippen molar-refractivity contribution < 1.29 is 4.79 Å². The summed E-state index contributed by atoms with van der Waals surface area (Å²) in [7, 11) is 0. The summed E-state index contributed by atoms with van der Waals surface area (Å²) >= 11 is 7.64. The minimum absolute atomic E-state index is 0.00244. The lowest BCUT2D eigenvalue weighted by Crippen LogP contribution is -2.38. The van der Waals surface area contributed by atoms with Gasteiger partial charge in [-0.15, -0.1) is 11.3 Å². The molecule has 2 N–H and O–H groups in total. The number of aryl methyl sites for hydroxylation is 1. The third-order valence-electron chi connectivity index (χ3n) is 3.64. The second-order valence-electron chi connectivity index (χ2n) is 5.40. The standard InChI is InChI=1S/C16H18ClN3OS/c1-2-3-15-19-12(9-22-15)8-18-16(21)14-7-10-6-11(17)4-5-13(10)20-14/h4-6,9,14,20H,2-3,7-8H2,1H3,(H,18,21). The normalized spacial score (nSPS) is 16.2. The number of carbonyl (C=O) groups excluding carboxylic acids is 1. The first-order valence-electron chi connectivity index (χ1n) is 7.41. The number of anilines is 1. The van der Waals surface area contributed by atoms with Crippen LogP contribution in [-0.4, -0.2) is 16.9 Å². The molecule has 1 aromatic heterocycles. The first-order valence-corrected chi connectivity index (χ1v) is 8.67. The third kappa shape index (κ3) is 3.42. The van der Waals surface area contributed by atoms with Crippen LogP contribution in [0.3, 0.4) is 0 Å². The van der Waals surface area contributed by atoms with E-state index in [9.17, 15) is 4.79 Å². The Morgan fingerprint density at radius 1 is 1.55 bits per heavy atom. The van der Waals surface area contributed by atoms with Crippen LogP contribution < -0.4 is 10.6 Å². The van der Waals surface area contributed by atoms with Crippen LogP contribution in [-0.2, 0) is 24.2 Å². The van der Waals surface area contributed by atoms with Gasteiger partial charge in [-0.05, 0) is 36.6 Å². The maximum Gasteiger partial charge on any atom is 0.243 e. The molecule has 0 bridgehead atoms. The Balaban J connectivity index is 1.55. The van der Waals surface area contributed by atoms with E-state index in [1.807, 2.05) is 23.6 Å². The number of rotatable bonds is 5. The topological polar surface area (TPSA) is 54.0 Å². The van der Waals surface area contributed by atoms with Gasteiger partial charge < -0.3 is 10.6 Å². The predicted molar refractivity (Wildman–Crippen MR) is 90.5 cm³/mol. The minimum Gasteiger partial charge on any atom is -0.373 e. The molecule has 1 aliphatic heterocycles. The molecule has 3 rings (SSSR count). The Labute approximate surface area is 138 Å². The average Bonchev–Trinajstić information content (AvgIpc) is 3.11. The Hall–Kier alpha value is -1.59. The monoisotopic (exact) mass is 335 g/mol. The highest BCUT2D eigenvalue weighted by molar-refractivity contribution is 7.09. The number of carbonyl (C=O) groups is 1. The number of fused-ring (bicyclic) bond motifs is 1. The molecular weight excluding hydrogens is 318 g/mol. The zero-order chi connectivity index (χ0) is 15.5. The zero-order valence-corrected chi connectivity index (χ0v) is 13.9. The van der Waals surface area contributed by atoms with Crippen LogP contribution in [0.4, 0.5) is 5.69 Å². The molecule has 116 valence electrons. The summed E-state index contributed by atoms with van der Waals surface area (Å²) in [4.78, 5) is 16.8. The molecule has 1 amide bonds. The van der Waals surface area contributed by atoms with Crippen molar-refractivity contribution in [3.05, 3.63) is 44.9 Å². The second-order valence-corrected chi connectivity index (χ2v) is 6.78. The van der Waals surface area contributed by atoms with E-state index >= 15 is 0 Å². The van der Waals surface area contributed by atoms with E-state index in [-0.39, 0.29) is 11.9 Å². The van der Waals surface area contributed by atoms with Gasteiger partial charge in [0.1, 0.15) is 6.04 Å². The molecule has 1 atom stereocenters. The van der Waals surface area contributed by atoms with Gasteiger partial charge in [0.25, 0.3) is 0 Å². The van der Waals surface area contributed by atoms with Crippen molar-refractivity contribution in [2.24, 2.45) is 0 Å². The number of nitrogens with zero attached hydrogens (tertiary/aromatic N) is 1. The maximum absolute atomic E-state index is 12.3. The first-order chi connectivity index (χ1) is 10.7. The molecule has 0 saturated carbocycles. The van der Waals surface area contributed by atoms with Crippen LogP contribution >= 0.6 is 22.9 Å². The van der Waals surface area contributed by atoms with Crippen molar-refractivity contribution in [1.29, 1.82) is 0 Å². The summed E-state index contributed by atoms with van der Waals surface area (Å²) in [5, 5.41) is 10.0. The lowest BCUT2D eigenvalue weighted by molar-refractivity contribution is -0.121. The van der Waals surface area contributed by atoms with Gasteiger partial charge in [0, 0.05) is 22.5 Å². The number of hydrogen-bond acceptors (Lipinski definition) is 4. The van der Waals surface area contributed by atoms with Crippen molar-refractivity contribution in [1.82, 2.24) is 10.3 Å². The van der Waals surface area contributed by atoms with Gasteiger partial charge in [-0.3, -0.25) is 4.79 Å². The molecule has 0 radical (unpaired) electrons. The average molecular weight is 336 g/mol. The number of halogens is 1. The summed E-state index contributed by atoms with van der Waals surface area (Å²) in [6.07, 6.45) is 2.75. The Morgan fingerprint density at radius 3 is 3.23 bits per heavy atom. The molecule has 1 aromatic carbocycles. The smallest absolute Gasteiger partial charge is 0.243 e. The van der Waals surface area contributed by atoms with Crippen molar-refractivity contribution in [3.63, 3.8) is 0 Å². The number of thiazole rings is 1. The molecule has 1 unspecified atom stereocenters. The van der Waals surface area contributed by atoms with Crippen molar-refractivity contribution in [2.75, 3.05) is 5.32 Å². The van der Waals surface area contributed by atoms with Crippen molar-refractivity contribution in [3.8, 4) is 0 Å². The fourth-order valence-electron chi connectivity index (χ4n) is 2.55. The lowest BCUT2D eigenvalue weighted by Gasteiger charge is -2.11. The van der Waals surface area contributed by atoms with E-state index in [0.717, 1.165) is 34.8 Å². The summed E-state index contributed by atoms with van der Waals surface area (Å²) < 4.78 is 0.